The molecule has 34 heavy (non-hydrogen) atoms. The summed E-state index contributed by atoms with van der Waals surface area (Å²) in [5.74, 6) is 0.853. The third-order valence-corrected chi connectivity index (χ3v) is 5.86. The van der Waals surface area contributed by atoms with Crippen LogP contribution in [-0.4, -0.2) is 0 Å². The maximum Gasteiger partial charge on any atom is 0.336 e. The van der Waals surface area contributed by atoms with Crippen LogP contribution in [0.4, 0.5) is 0 Å². The van der Waals surface area contributed by atoms with Crippen molar-refractivity contribution >= 4 is 45.1 Å². The first-order valence-corrected chi connectivity index (χ1v) is 11.0. The molecule has 0 aliphatic heterocycles. The molecule has 0 atom stereocenters. The molecular formula is C26H16Cl2O6. The molecule has 0 unspecified atom stereocenters. The lowest BCUT2D eigenvalue weighted by Gasteiger charge is -2.10. The summed E-state index contributed by atoms with van der Waals surface area (Å²) >= 11 is 12.1. The van der Waals surface area contributed by atoms with Crippen molar-refractivity contribution in [2.75, 3.05) is 0 Å². The second kappa shape index (κ2) is 8.89. The van der Waals surface area contributed by atoms with Gasteiger partial charge in [-0.1, -0.05) is 29.3 Å². The maximum atomic E-state index is 12.9. The predicted octanol–water partition coefficient (Wildman–Crippen LogP) is 6.89. The average molecular weight is 495 g/mol. The number of fused-ring (bicyclic) bond motifs is 2. The summed E-state index contributed by atoms with van der Waals surface area (Å²) in [5, 5.41) is 2.16. The fourth-order valence-electron chi connectivity index (χ4n) is 3.55. The summed E-state index contributed by atoms with van der Waals surface area (Å²) in [6.45, 7) is 2.05. The highest BCUT2D eigenvalue weighted by Crippen LogP contribution is 2.28. The highest BCUT2D eigenvalue weighted by molar-refractivity contribution is 6.35. The van der Waals surface area contributed by atoms with E-state index < -0.39 is 5.63 Å². The van der Waals surface area contributed by atoms with Crippen LogP contribution in [0.1, 0.15) is 11.1 Å². The molecule has 0 amide bonds. The van der Waals surface area contributed by atoms with E-state index in [0.29, 0.717) is 38.1 Å². The quantitative estimate of drug-likeness (QED) is 0.247. The molecule has 0 bridgehead atoms. The molecule has 3 aromatic carbocycles. The van der Waals surface area contributed by atoms with Gasteiger partial charge < -0.3 is 18.3 Å². The van der Waals surface area contributed by atoms with Crippen LogP contribution in [0.5, 0.6) is 17.2 Å². The van der Waals surface area contributed by atoms with E-state index in [4.69, 9.17) is 41.5 Å². The van der Waals surface area contributed by atoms with Gasteiger partial charge >= 0.3 is 5.63 Å². The monoisotopic (exact) mass is 494 g/mol. The lowest BCUT2D eigenvalue weighted by Crippen LogP contribution is -2.05. The Morgan fingerprint density at radius 1 is 0.853 bits per heavy atom. The van der Waals surface area contributed by atoms with Crippen molar-refractivity contribution in [1.29, 1.82) is 0 Å². The largest absolute Gasteiger partial charge is 0.489 e. The molecule has 0 radical (unpaired) electrons. The average Bonchev–Trinajstić information content (AvgIpc) is 2.80. The van der Waals surface area contributed by atoms with Crippen molar-refractivity contribution < 1.29 is 18.3 Å². The summed E-state index contributed by atoms with van der Waals surface area (Å²) in [6, 6.07) is 16.5. The number of rotatable bonds is 5. The van der Waals surface area contributed by atoms with Crippen molar-refractivity contribution in [2.45, 2.75) is 13.5 Å². The van der Waals surface area contributed by atoms with E-state index in [9.17, 15) is 9.59 Å². The van der Waals surface area contributed by atoms with Gasteiger partial charge in [-0.25, -0.2) is 4.79 Å². The Morgan fingerprint density at radius 2 is 1.62 bits per heavy atom. The first kappa shape index (κ1) is 22.1. The molecule has 0 saturated heterocycles. The van der Waals surface area contributed by atoms with E-state index in [-0.39, 0.29) is 17.8 Å². The summed E-state index contributed by atoms with van der Waals surface area (Å²) in [6.07, 6.45) is 1.24. The lowest BCUT2D eigenvalue weighted by molar-refractivity contribution is 0.306. The Labute approximate surface area is 202 Å². The Hall–Kier alpha value is -3.74. The van der Waals surface area contributed by atoms with Crippen LogP contribution < -0.4 is 20.5 Å². The summed E-state index contributed by atoms with van der Waals surface area (Å²) in [4.78, 5) is 24.6. The van der Waals surface area contributed by atoms with Crippen LogP contribution in [0.2, 0.25) is 10.0 Å². The zero-order chi connectivity index (χ0) is 23.8. The molecule has 0 fully saturated rings. The Kier molecular flexibility index (Phi) is 5.77. The molecule has 2 aromatic heterocycles. The minimum absolute atomic E-state index is 0.00321. The molecule has 0 saturated carbocycles. The van der Waals surface area contributed by atoms with Gasteiger partial charge in [0, 0.05) is 39.2 Å². The van der Waals surface area contributed by atoms with Crippen molar-refractivity contribution in [1.82, 2.24) is 0 Å². The molecule has 6 nitrogen and oxygen atoms in total. The fourth-order valence-corrected chi connectivity index (χ4v) is 4.01. The molecule has 0 aliphatic carbocycles. The number of halogens is 2. The SMILES string of the molecule is Cc1cc(=O)oc2cc(Oc3coc4cc(OCc5ccc(Cl)cc5Cl)ccc4c3=O)ccc12. The van der Waals surface area contributed by atoms with Crippen molar-refractivity contribution in [2.24, 2.45) is 0 Å². The van der Waals surface area contributed by atoms with Crippen LogP contribution in [0.25, 0.3) is 21.9 Å². The zero-order valence-electron chi connectivity index (χ0n) is 17.8. The highest BCUT2D eigenvalue weighted by Gasteiger charge is 2.12. The predicted molar refractivity (Wildman–Crippen MR) is 131 cm³/mol. The van der Waals surface area contributed by atoms with Crippen molar-refractivity contribution in [3.05, 3.63) is 109 Å². The second-order valence-electron chi connectivity index (χ2n) is 7.62. The van der Waals surface area contributed by atoms with Gasteiger partial charge in [-0.2, -0.15) is 0 Å². The van der Waals surface area contributed by atoms with Gasteiger partial charge in [0.05, 0.1) is 5.39 Å². The molecule has 5 aromatic rings. The minimum atomic E-state index is -0.455. The third-order valence-electron chi connectivity index (χ3n) is 5.27. The first-order valence-electron chi connectivity index (χ1n) is 10.2. The molecule has 0 spiro atoms. The maximum absolute atomic E-state index is 12.9. The first-order chi connectivity index (χ1) is 16.4. The van der Waals surface area contributed by atoms with E-state index >= 15 is 0 Å². The molecule has 5 rings (SSSR count). The minimum Gasteiger partial charge on any atom is -0.489 e. The van der Waals surface area contributed by atoms with E-state index in [1.54, 1.807) is 54.6 Å². The number of hydrogen-bond donors (Lipinski definition) is 0. The third kappa shape index (κ3) is 4.38. The number of aryl methyl sites for hydroxylation is 1. The van der Waals surface area contributed by atoms with Crippen molar-refractivity contribution in [3.8, 4) is 17.2 Å². The molecule has 170 valence electrons. The van der Waals surface area contributed by atoms with Gasteiger partial charge in [-0.15, -0.1) is 0 Å². The van der Waals surface area contributed by atoms with Crippen LogP contribution in [0.15, 0.2) is 85.4 Å². The molecule has 2 heterocycles. The number of benzene rings is 3. The summed E-state index contributed by atoms with van der Waals surface area (Å²) in [7, 11) is 0. The highest BCUT2D eigenvalue weighted by atomic mass is 35.5. The van der Waals surface area contributed by atoms with Gasteiger partial charge in [0.25, 0.3) is 0 Å². The lowest BCUT2D eigenvalue weighted by atomic mass is 10.1. The van der Waals surface area contributed by atoms with Crippen LogP contribution in [0.3, 0.4) is 0 Å². The molecule has 0 N–H and O–H groups in total. The Balaban J connectivity index is 1.39. The van der Waals surface area contributed by atoms with Gasteiger partial charge in [-0.05, 0) is 48.9 Å². The topological polar surface area (TPSA) is 78.9 Å². The normalized spacial score (nSPS) is 11.1. The van der Waals surface area contributed by atoms with E-state index in [1.165, 1.54) is 12.3 Å². The van der Waals surface area contributed by atoms with Gasteiger partial charge in [0.1, 0.15) is 35.5 Å². The molecular weight excluding hydrogens is 479 g/mol. The Bertz CT molecular complexity index is 1670. The molecule has 8 heteroatoms. The summed E-state index contributed by atoms with van der Waals surface area (Å²) in [5.41, 5.74) is 1.48. The van der Waals surface area contributed by atoms with Crippen molar-refractivity contribution in [3.63, 3.8) is 0 Å². The summed E-state index contributed by atoms with van der Waals surface area (Å²) < 4.78 is 22.4. The number of hydrogen-bond acceptors (Lipinski definition) is 6. The van der Waals surface area contributed by atoms with E-state index in [2.05, 4.69) is 0 Å². The van der Waals surface area contributed by atoms with Crippen LogP contribution in [0, 0.1) is 6.92 Å². The smallest absolute Gasteiger partial charge is 0.336 e. The zero-order valence-corrected chi connectivity index (χ0v) is 19.3. The van der Waals surface area contributed by atoms with Gasteiger partial charge in [0.15, 0.2) is 0 Å². The second-order valence-corrected chi connectivity index (χ2v) is 8.46. The van der Waals surface area contributed by atoms with E-state index in [0.717, 1.165) is 16.5 Å². The van der Waals surface area contributed by atoms with E-state index in [1.807, 2.05) is 6.92 Å². The fraction of sp³-hybridized carbons (Fsp3) is 0.0769. The van der Waals surface area contributed by atoms with Crippen LogP contribution >= 0.6 is 23.2 Å². The molecule has 0 aliphatic rings. The van der Waals surface area contributed by atoms with Gasteiger partial charge in [-0.3, -0.25) is 4.79 Å². The standard InChI is InChI=1S/C26H16Cl2O6/c1-14-8-25(29)34-23-11-18(5-6-19(14)23)33-24-13-32-22-10-17(4-7-20(22)26(24)30)31-12-15-2-3-16(27)9-21(15)28/h2-11,13H,12H2,1H3. The van der Waals surface area contributed by atoms with Crippen LogP contribution in [-0.2, 0) is 6.61 Å². The number of ether oxygens (including phenoxy) is 2. The Morgan fingerprint density at radius 3 is 2.44 bits per heavy atom. The van der Waals surface area contributed by atoms with Gasteiger partial charge in [0.2, 0.25) is 11.2 Å².